The van der Waals surface area contributed by atoms with Gasteiger partial charge in [0.15, 0.2) is 0 Å². The zero-order chi connectivity index (χ0) is 11.6. The molecular weight excluding hydrogens is 315 g/mol. The number of hydrogen-bond acceptors (Lipinski definition) is 2. The summed E-state index contributed by atoms with van der Waals surface area (Å²) >= 11 is 2.39. The molecule has 0 bridgehead atoms. The van der Waals surface area contributed by atoms with Crippen LogP contribution in [0, 0.1) is 11.8 Å². The zero-order valence-corrected chi connectivity index (χ0v) is 11.7. The molecule has 0 aromatic carbocycles. The number of hydrogen-bond donors (Lipinski definition) is 0. The number of carbonyl (C=O) groups is 1. The molecule has 2 fully saturated rings. The molecule has 1 saturated heterocycles. The summed E-state index contributed by atoms with van der Waals surface area (Å²) in [7, 11) is 0. The van der Waals surface area contributed by atoms with Crippen LogP contribution >= 0.6 is 22.6 Å². The minimum Gasteiger partial charge on any atom is -0.458 e. The summed E-state index contributed by atoms with van der Waals surface area (Å²) in [5.74, 6) is 0.947. The summed E-state index contributed by atoms with van der Waals surface area (Å²) in [4.78, 5) is 11.6. The number of rotatable bonds is 3. The van der Waals surface area contributed by atoms with E-state index in [1.807, 2.05) is 6.08 Å². The Morgan fingerprint density at radius 3 is 2.94 bits per heavy atom. The van der Waals surface area contributed by atoms with Gasteiger partial charge in [-0.25, -0.2) is 0 Å². The lowest BCUT2D eigenvalue weighted by atomic mass is 9.76. The average Bonchev–Trinajstić information content (AvgIpc) is 2.52. The first-order valence-electron chi connectivity index (χ1n) is 6.11. The van der Waals surface area contributed by atoms with Crippen molar-refractivity contribution < 1.29 is 9.53 Å². The standard InChI is InChI=1S/C13H19IO2/c1-2-5-10-6-3-4-7-11-8-12(15)16-13(10,11)9-14/h2,10-11H,1,3-9H2/t10-,11+,13+/m0/s1. The highest BCUT2D eigenvalue weighted by Crippen LogP contribution is 2.48. The van der Waals surface area contributed by atoms with Crippen LogP contribution in [-0.2, 0) is 9.53 Å². The number of allylic oxidation sites excluding steroid dienone is 1. The Balaban J connectivity index is 2.28. The second-order valence-corrected chi connectivity index (χ2v) is 5.73. The van der Waals surface area contributed by atoms with E-state index in [0.717, 1.165) is 17.3 Å². The lowest BCUT2D eigenvalue weighted by molar-refractivity contribution is -0.151. The van der Waals surface area contributed by atoms with Gasteiger partial charge in [-0.3, -0.25) is 4.79 Å². The second kappa shape index (κ2) is 5.07. The summed E-state index contributed by atoms with van der Waals surface area (Å²) in [6.45, 7) is 3.84. The topological polar surface area (TPSA) is 26.3 Å². The highest BCUT2D eigenvalue weighted by Gasteiger charge is 2.53. The van der Waals surface area contributed by atoms with Crippen molar-refractivity contribution in [1.82, 2.24) is 0 Å². The molecule has 1 aliphatic heterocycles. The minimum absolute atomic E-state index is 0.0117. The van der Waals surface area contributed by atoms with E-state index in [1.165, 1.54) is 19.3 Å². The molecule has 90 valence electrons. The Labute approximate surface area is 111 Å². The summed E-state index contributed by atoms with van der Waals surface area (Å²) < 4.78 is 6.68. The van der Waals surface area contributed by atoms with Crippen LogP contribution in [0.4, 0.5) is 0 Å². The molecule has 1 heterocycles. The monoisotopic (exact) mass is 334 g/mol. The van der Waals surface area contributed by atoms with Gasteiger partial charge in [0.1, 0.15) is 5.60 Å². The molecule has 16 heavy (non-hydrogen) atoms. The van der Waals surface area contributed by atoms with Crippen LogP contribution in [-0.4, -0.2) is 16.0 Å². The van der Waals surface area contributed by atoms with E-state index in [9.17, 15) is 4.79 Å². The highest BCUT2D eigenvalue weighted by atomic mass is 127. The van der Waals surface area contributed by atoms with Gasteiger partial charge in [-0.1, -0.05) is 41.5 Å². The molecule has 1 saturated carbocycles. The van der Waals surface area contributed by atoms with Crippen LogP contribution in [0.1, 0.15) is 38.5 Å². The Hall–Kier alpha value is -0.0600. The smallest absolute Gasteiger partial charge is 0.306 e. The summed E-state index contributed by atoms with van der Waals surface area (Å²) in [5, 5.41) is 0. The highest BCUT2D eigenvalue weighted by molar-refractivity contribution is 14.1. The first kappa shape index (κ1) is 12.4. The number of fused-ring (bicyclic) bond motifs is 1. The minimum atomic E-state index is -0.178. The van der Waals surface area contributed by atoms with Crippen molar-refractivity contribution in [3.8, 4) is 0 Å². The normalized spacial score (nSPS) is 38.7. The summed E-state index contributed by atoms with van der Waals surface area (Å²) in [6, 6.07) is 0. The van der Waals surface area contributed by atoms with Crippen molar-refractivity contribution in [2.24, 2.45) is 11.8 Å². The van der Waals surface area contributed by atoms with Crippen LogP contribution in [0.2, 0.25) is 0 Å². The fourth-order valence-corrected chi connectivity index (χ4v) is 4.67. The molecule has 2 aliphatic rings. The first-order valence-corrected chi connectivity index (χ1v) is 7.64. The molecule has 0 unspecified atom stereocenters. The Morgan fingerprint density at radius 1 is 1.50 bits per heavy atom. The maximum absolute atomic E-state index is 11.6. The van der Waals surface area contributed by atoms with Crippen molar-refractivity contribution in [2.45, 2.75) is 44.1 Å². The van der Waals surface area contributed by atoms with Gasteiger partial charge in [0.25, 0.3) is 0 Å². The van der Waals surface area contributed by atoms with Gasteiger partial charge in [0.05, 0.1) is 6.42 Å². The predicted molar refractivity (Wildman–Crippen MR) is 72.6 cm³/mol. The van der Waals surface area contributed by atoms with Crippen molar-refractivity contribution in [3.05, 3.63) is 12.7 Å². The van der Waals surface area contributed by atoms with E-state index >= 15 is 0 Å². The van der Waals surface area contributed by atoms with Crippen LogP contribution in [0.5, 0.6) is 0 Å². The molecule has 0 aromatic rings. The first-order chi connectivity index (χ1) is 7.73. The van der Waals surface area contributed by atoms with Gasteiger partial charge in [0, 0.05) is 16.3 Å². The fourth-order valence-electron chi connectivity index (χ4n) is 3.26. The van der Waals surface area contributed by atoms with Crippen LogP contribution in [0.25, 0.3) is 0 Å². The molecular formula is C13H19IO2. The van der Waals surface area contributed by atoms with Crippen molar-refractivity contribution >= 4 is 28.6 Å². The molecule has 2 rings (SSSR count). The number of halogens is 1. The number of alkyl halides is 1. The third kappa shape index (κ3) is 2.03. The molecule has 0 N–H and O–H groups in total. The van der Waals surface area contributed by atoms with E-state index in [1.54, 1.807) is 0 Å². The Bertz CT molecular complexity index is 290. The number of ether oxygens (including phenoxy) is 1. The Kier molecular flexibility index (Phi) is 3.93. The van der Waals surface area contributed by atoms with Crippen molar-refractivity contribution in [1.29, 1.82) is 0 Å². The predicted octanol–water partition coefficient (Wildman–Crippen LogP) is 3.49. The van der Waals surface area contributed by atoms with Crippen LogP contribution in [0.15, 0.2) is 12.7 Å². The van der Waals surface area contributed by atoms with E-state index < -0.39 is 0 Å². The van der Waals surface area contributed by atoms with Gasteiger partial charge in [0.2, 0.25) is 0 Å². The summed E-state index contributed by atoms with van der Waals surface area (Å²) in [5.41, 5.74) is -0.178. The van der Waals surface area contributed by atoms with Gasteiger partial charge < -0.3 is 4.74 Å². The molecule has 0 radical (unpaired) electrons. The Morgan fingerprint density at radius 2 is 2.25 bits per heavy atom. The third-order valence-electron chi connectivity index (χ3n) is 4.11. The summed E-state index contributed by atoms with van der Waals surface area (Å²) in [6.07, 6.45) is 8.44. The van der Waals surface area contributed by atoms with E-state index in [4.69, 9.17) is 4.74 Å². The maximum atomic E-state index is 11.6. The van der Waals surface area contributed by atoms with Gasteiger partial charge in [-0.05, 0) is 19.3 Å². The number of carbonyl (C=O) groups excluding carboxylic acids is 1. The maximum Gasteiger partial charge on any atom is 0.306 e. The molecule has 0 amide bonds. The van der Waals surface area contributed by atoms with E-state index in [2.05, 4.69) is 29.2 Å². The lowest BCUT2D eigenvalue weighted by Gasteiger charge is -2.37. The fraction of sp³-hybridized carbons (Fsp3) is 0.769. The van der Waals surface area contributed by atoms with Gasteiger partial charge in [-0.2, -0.15) is 0 Å². The quantitative estimate of drug-likeness (QED) is 0.342. The van der Waals surface area contributed by atoms with Crippen molar-refractivity contribution in [3.63, 3.8) is 0 Å². The zero-order valence-electron chi connectivity index (χ0n) is 9.58. The lowest BCUT2D eigenvalue weighted by Crippen LogP contribution is -2.44. The van der Waals surface area contributed by atoms with Crippen LogP contribution in [0.3, 0.4) is 0 Å². The second-order valence-electron chi connectivity index (χ2n) is 4.97. The third-order valence-corrected chi connectivity index (χ3v) is 5.31. The molecule has 3 heteroatoms. The van der Waals surface area contributed by atoms with E-state index in [0.29, 0.717) is 18.3 Å². The SMILES string of the molecule is C=CC[C@H]1CCCC[C@@H]2CC(=O)O[C@@]21CI. The largest absolute Gasteiger partial charge is 0.458 e. The average molecular weight is 334 g/mol. The van der Waals surface area contributed by atoms with Gasteiger partial charge in [-0.15, -0.1) is 6.58 Å². The molecule has 0 spiro atoms. The molecule has 2 nitrogen and oxygen atoms in total. The van der Waals surface area contributed by atoms with Crippen molar-refractivity contribution in [2.75, 3.05) is 4.43 Å². The van der Waals surface area contributed by atoms with Gasteiger partial charge >= 0.3 is 5.97 Å². The number of esters is 1. The molecule has 1 aliphatic carbocycles. The molecule has 3 atom stereocenters. The molecule has 0 aromatic heterocycles. The van der Waals surface area contributed by atoms with E-state index in [-0.39, 0.29) is 11.6 Å². The van der Waals surface area contributed by atoms with Crippen LogP contribution < -0.4 is 0 Å².